The molecule has 26 heavy (non-hydrogen) atoms. The highest BCUT2D eigenvalue weighted by Gasteiger charge is 2.34. The van der Waals surface area contributed by atoms with Crippen LogP contribution in [0, 0.1) is 0 Å². The Morgan fingerprint density at radius 3 is 2.96 bits per heavy atom. The van der Waals surface area contributed by atoms with Crippen molar-refractivity contribution in [2.45, 2.75) is 5.92 Å². The number of pyridine rings is 1. The fraction of sp³-hybridized carbons (Fsp3) is 0.211. The fourth-order valence-electron chi connectivity index (χ4n) is 3.43. The van der Waals surface area contributed by atoms with E-state index in [2.05, 4.69) is 25.2 Å². The van der Waals surface area contributed by atoms with Gasteiger partial charge in [-0.25, -0.2) is 4.98 Å². The van der Waals surface area contributed by atoms with Gasteiger partial charge >= 0.3 is 0 Å². The Balaban J connectivity index is 1.39. The quantitative estimate of drug-likeness (QED) is 0.749. The molecule has 1 fully saturated rings. The van der Waals surface area contributed by atoms with E-state index < -0.39 is 0 Å². The zero-order valence-electron chi connectivity index (χ0n) is 14.0. The Labute approximate surface area is 155 Å². The van der Waals surface area contributed by atoms with Crippen LogP contribution in [0.4, 0.5) is 0 Å². The van der Waals surface area contributed by atoms with Gasteiger partial charge in [-0.2, -0.15) is 0 Å². The monoisotopic (exact) mass is 364 g/mol. The summed E-state index contributed by atoms with van der Waals surface area (Å²) in [6, 6.07) is 9.72. The third kappa shape index (κ3) is 2.63. The van der Waals surface area contributed by atoms with Crippen LogP contribution in [0.2, 0.25) is 5.02 Å². The van der Waals surface area contributed by atoms with Crippen molar-refractivity contribution in [2.75, 3.05) is 19.6 Å². The van der Waals surface area contributed by atoms with Gasteiger partial charge in [0.25, 0.3) is 0 Å². The molecule has 0 unspecified atom stereocenters. The molecule has 2 aromatic heterocycles. The number of hydrogen-bond donors (Lipinski definition) is 2. The van der Waals surface area contributed by atoms with Crippen molar-refractivity contribution >= 4 is 34.5 Å². The van der Waals surface area contributed by atoms with E-state index in [0.29, 0.717) is 10.9 Å². The van der Waals surface area contributed by atoms with Crippen LogP contribution >= 0.6 is 11.6 Å². The second-order valence-electron chi connectivity index (χ2n) is 6.52. The molecule has 130 valence electrons. The van der Waals surface area contributed by atoms with E-state index in [0.717, 1.165) is 53.6 Å². The van der Waals surface area contributed by atoms with Crippen LogP contribution in [-0.2, 0) is 0 Å². The first-order valence-electron chi connectivity index (χ1n) is 8.59. The molecule has 2 N–H and O–H groups in total. The molecule has 0 saturated carbocycles. The molecule has 5 rings (SSSR count). The lowest BCUT2D eigenvalue weighted by Gasteiger charge is -2.42. The highest BCUT2D eigenvalue weighted by Crippen LogP contribution is 2.33. The highest BCUT2D eigenvalue weighted by atomic mass is 35.5. The number of halogens is 1. The molecule has 0 atom stereocenters. The van der Waals surface area contributed by atoms with Crippen LogP contribution in [0.1, 0.15) is 17.3 Å². The number of aromatic nitrogens is 3. The summed E-state index contributed by atoms with van der Waals surface area (Å²) >= 11 is 6.06. The zero-order valence-corrected chi connectivity index (χ0v) is 14.7. The van der Waals surface area contributed by atoms with Gasteiger partial charge < -0.3 is 15.2 Å². The van der Waals surface area contributed by atoms with E-state index in [4.69, 9.17) is 16.6 Å². The first-order valence-corrected chi connectivity index (χ1v) is 8.97. The van der Waals surface area contributed by atoms with Gasteiger partial charge in [-0.05, 0) is 30.3 Å². The number of likely N-dealkylation sites (tertiary alicyclic amines) is 1. The minimum atomic E-state index is 0.372. The van der Waals surface area contributed by atoms with Gasteiger partial charge in [-0.3, -0.25) is 9.98 Å². The first kappa shape index (κ1) is 15.4. The predicted molar refractivity (Wildman–Crippen MR) is 103 cm³/mol. The van der Waals surface area contributed by atoms with Gasteiger partial charge in [0.1, 0.15) is 17.3 Å². The topological polar surface area (TPSA) is 69.2 Å². The van der Waals surface area contributed by atoms with Crippen molar-refractivity contribution in [3.63, 3.8) is 0 Å². The van der Waals surface area contributed by atoms with Crippen LogP contribution in [0.3, 0.4) is 0 Å². The molecule has 0 bridgehead atoms. The third-order valence-corrected chi connectivity index (χ3v) is 5.02. The lowest BCUT2D eigenvalue weighted by molar-refractivity contribution is 0.182. The molecular weight excluding hydrogens is 348 g/mol. The summed E-state index contributed by atoms with van der Waals surface area (Å²) in [5.41, 5.74) is 3.91. The summed E-state index contributed by atoms with van der Waals surface area (Å²) in [5, 5.41) is 4.17. The summed E-state index contributed by atoms with van der Waals surface area (Å²) in [6.07, 6.45) is 5.52. The number of imidazole rings is 1. The van der Waals surface area contributed by atoms with Crippen molar-refractivity contribution in [3.05, 3.63) is 65.0 Å². The molecule has 6 nitrogen and oxygen atoms in total. The molecule has 1 saturated heterocycles. The maximum atomic E-state index is 6.06. The molecule has 0 amide bonds. The number of rotatable bonds is 3. The Hall–Kier alpha value is -2.86. The molecule has 7 heteroatoms. The molecule has 0 radical (unpaired) electrons. The number of aromatic amines is 1. The van der Waals surface area contributed by atoms with E-state index in [9.17, 15) is 0 Å². The smallest absolute Gasteiger partial charge is 0.129 e. The van der Waals surface area contributed by atoms with E-state index >= 15 is 0 Å². The Morgan fingerprint density at radius 2 is 2.12 bits per heavy atom. The molecule has 2 aliphatic rings. The lowest BCUT2D eigenvalue weighted by atomic mass is 9.98. The normalized spacial score (nSPS) is 17.5. The Kier molecular flexibility index (Phi) is 3.64. The number of aliphatic imine (C=N–C) groups is 1. The van der Waals surface area contributed by atoms with Crippen LogP contribution in [0.5, 0.6) is 0 Å². The van der Waals surface area contributed by atoms with Crippen molar-refractivity contribution in [1.29, 1.82) is 0 Å². The van der Waals surface area contributed by atoms with Crippen LogP contribution in [0.25, 0.3) is 16.7 Å². The average molecular weight is 365 g/mol. The minimum Gasteiger partial charge on any atom is -0.365 e. The van der Waals surface area contributed by atoms with Crippen molar-refractivity contribution in [1.82, 2.24) is 25.2 Å². The molecule has 3 aromatic rings. The van der Waals surface area contributed by atoms with Crippen molar-refractivity contribution in [3.8, 4) is 0 Å². The Morgan fingerprint density at radius 1 is 1.19 bits per heavy atom. The summed E-state index contributed by atoms with van der Waals surface area (Å²) in [7, 11) is 0. The number of H-pyrrole nitrogens is 1. The number of nitrogens with one attached hydrogen (secondary N) is 2. The number of hydrogen-bond acceptors (Lipinski definition) is 5. The van der Waals surface area contributed by atoms with Crippen LogP contribution < -0.4 is 5.32 Å². The van der Waals surface area contributed by atoms with E-state index in [-0.39, 0.29) is 0 Å². The van der Waals surface area contributed by atoms with Crippen LogP contribution in [0.15, 0.2) is 53.5 Å². The maximum Gasteiger partial charge on any atom is 0.129 e. The highest BCUT2D eigenvalue weighted by molar-refractivity contribution is 6.31. The van der Waals surface area contributed by atoms with Crippen LogP contribution in [-0.4, -0.2) is 45.7 Å². The predicted octanol–water partition coefficient (Wildman–Crippen LogP) is 3.01. The second kappa shape index (κ2) is 6.14. The van der Waals surface area contributed by atoms with E-state index in [1.165, 1.54) is 0 Å². The number of fused-ring (bicyclic) bond motifs is 1. The Bertz CT molecular complexity index is 1020. The largest absolute Gasteiger partial charge is 0.365 e. The lowest BCUT2D eigenvalue weighted by Crippen LogP contribution is -2.49. The van der Waals surface area contributed by atoms with Gasteiger partial charge in [0, 0.05) is 42.3 Å². The molecule has 0 aliphatic carbocycles. The first-order chi connectivity index (χ1) is 12.8. The van der Waals surface area contributed by atoms with E-state index in [1.54, 1.807) is 6.20 Å². The molecule has 4 heterocycles. The fourth-order valence-corrected chi connectivity index (χ4v) is 3.59. The summed E-state index contributed by atoms with van der Waals surface area (Å²) in [6.45, 7) is 2.54. The average Bonchev–Trinajstić information content (AvgIpc) is 3.04. The van der Waals surface area contributed by atoms with Gasteiger partial charge in [-0.15, -0.1) is 0 Å². The van der Waals surface area contributed by atoms with Crippen molar-refractivity contribution in [2.24, 2.45) is 4.99 Å². The standard InChI is InChI=1S/C19H17ClN6/c20-14-3-4-15-16(8-14)25-18(24-15)13-10-26(11-13)19-17(22-6-7-23-19)12-2-1-5-21-9-12/h1-6,8-9,13,23H,7,10-11H2,(H,24,25). The van der Waals surface area contributed by atoms with Gasteiger partial charge in [0.15, 0.2) is 0 Å². The molecular formula is C19H17ClN6. The summed E-state index contributed by atoms with van der Waals surface area (Å²) in [4.78, 5) is 19.2. The third-order valence-electron chi connectivity index (χ3n) is 4.79. The van der Waals surface area contributed by atoms with Crippen molar-refractivity contribution < 1.29 is 0 Å². The summed E-state index contributed by atoms with van der Waals surface area (Å²) < 4.78 is 0. The van der Waals surface area contributed by atoms with Gasteiger partial charge in [0.2, 0.25) is 0 Å². The molecule has 1 aromatic carbocycles. The SMILES string of the molecule is Clc1ccc2[nH]c(C3CN(C4=C(c5cccnc5)N=CCN4)C3)nc2c1. The maximum absolute atomic E-state index is 6.06. The van der Waals surface area contributed by atoms with E-state index in [1.807, 2.05) is 42.7 Å². The number of benzene rings is 1. The molecule has 0 spiro atoms. The van der Waals surface area contributed by atoms with Gasteiger partial charge in [-0.1, -0.05) is 11.6 Å². The zero-order chi connectivity index (χ0) is 17.5. The minimum absolute atomic E-state index is 0.372. The number of nitrogens with zero attached hydrogens (tertiary/aromatic N) is 4. The van der Waals surface area contributed by atoms with Gasteiger partial charge in [0.05, 0.1) is 23.5 Å². The summed E-state index contributed by atoms with van der Waals surface area (Å²) in [5.74, 6) is 2.45. The second-order valence-corrected chi connectivity index (χ2v) is 6.95. The molecule has 2 aliphatic heterocycles.